The number of rotatable bonds is 8. The summed E-state index contributed by atoms with van der Waals surface area (Å²) in [6.07, 6.45) is 6.71. The first-order chi connectivity index (χ1) is 20.2. The van der Waals surface area contributed by atoms with E-state index in [1.807, 2.05) is 36.4 Å². The molecule has 0 atom stereocenters. The Kier molecular flexibility index (Phi) is 8.25. The molecule has 0 saturated heterocycles. The van der Waals surface area contributed by atoms with Crippen LogP contribution < -0.4 is 0 Å². The van der Waals surface area contributed by atoms with E-state index in [2.05, 4.69) is 0 Å². The number of hydrogen-bond donors (Lipinski definition) is 0. The topological polar surface area (TPSA) is 116 Å². The van der Waals surface area contributed by atoms with E-state index in [9.17, 15) is 23.3 Å². The molecule has 1 fully saturated rings. The van der Waals surface area contributed by atoms with Gasteiger partial charge in [0.1, 0.15) is 17.3 Å². The first kappa shape index (κ1) is 29.2. The normalized spacial score (nSPS) is 17.5. The number of imide groups is 1. The lowest BCUT2D eigenvalue weighted by atomic mass is 9.92. The monoisotopic (exact) mass is 583 g/mol. The van der Waals surface area contributed by atoms with Crippen molar-refractivity contribution in [3.63, 3.8) is 0 Å². The highest BCUT2D eigenvalue weighted by Crippen LogP contribution is 2.35. The van der Waals surface area contributed by atoms with Gasteiger partial charge in [-0.25, -0.2) is 13.1 Å². The molecular formula is C32H33N5O4S. The number of para-hydroxylation sites is 1. The van der Waals surface area contributed by atoms with Crippen LogP contribution in [0.25, 0.3) is 23.0 Å². The van der Waals surface area contributed by atoms with Gasteiger partial charge in [0, 0.05) is 42.0 Å². The van der Waals surface area contributed by atoms with Crippen LogP contribution in [-0.2, 0) is 19.6 Å². The van der Waals surface area contributed by atoms with Gasteiger partial charge in [0.15, 0.2) is 0 Å². The molecule has 2 aliphatic rings. The molecule has 1 aliphatic heterocycles. The average molecular weight is 584 g/mol. The molecular weight excluding hydrogens is 550 g/mol. The van der Waals surface area contributed by atoms with Crippen LogP contribution in [-0.4, -0.2) is 58.3 Å². The Morgan fingerprint density at radius 3 is 2.36 bits per heavy atom. The predicted octanol–water partition coefficient (Wildman–Crippen LogP) is 5.10. The van der Waals surface area contributed by atoms with Crippen LogP contribution in [0.5, 0.6) is 0 Å². The van der Waals surface area contributed by atoms with Gasteiger partial charge in [0.05, 0.1) is 10.6 Å². The molecule has 0 spiro atoms. The van der Waals surface area contributed by atoms with E-state index < -0.39 is 21.8 Å². The molecule has 1 aromatic heterocycles. The van der Waals surface area contributed by atoms with Crippen molar-refractivity contribution in [2.75, 3.05) is 13.1 Å². The van der Waals surface area contributed by atoms with Gasteiger partial charge in [-0.3, -0.25) is 14.5 Å². The molecule has 42 heavy (non-hydrogen) atoms. The SMILES string of the molecule is CCN(CC)S(=O)(=O)c1cccc(-c2nn(-c3ccccc3)cc2/C=C2/C(=O)N(C3CCCC3)C(=O)C(C#N)=C2C)c1. The summed E-state index contributed by atoms with van der Waals surface area (Å²) in [6.45, 7) is 5.89. The molecule has 1 aliphatic carbocycles. The Hall–Kier alpha value is -4.33. The number of nitrogens with zero attached hydrogens (tertiary/aromatic N) is 5. The molecule has 1 saturated carbocycles. The summed E-state index contributed by atoms with van der Waals surface area (Å²) >= 11 is 0. The fraction of sp³-hybridized carbons (Fsp3) is 0.312. The quantitative estimate of drug-likeness (QED) is 0.269. The van der Waals surface area contributed by atoms with Crippen LogP contribution in [0.1, 0.15) is 52.0 Å². The molecule has 216 valence electrons. The molecule has 5 rings (SSSR count). The number of carbonyl (C=O) groups is 2. The third-order valence-corrected chi connectivity index (χ3v) is 10.0. The second kappa shape index (κ2) is 11.9. The highest BCUT2D eigenvalue weighted by Gasteiger charge is 2.40. The summed E-state index contributed by atoms with van der Waals surface area (Å²) in [5.74, 6) is -0.974. The average Bonchev–Trinajstić information content (AvgIpc) is 3.67. The number of nitriles is 1. The fourth-order valence-corrected chi connectivity index (χ4v) is 7.20. The third-order valence-electron chi connectivity index (χ3n) is 7.98. The minimum atomic E-state index is -3.73. The van der Waals surface area contributed by atoms with E-state index in [4.69, 9.17) is 5.10 Å². The number of aromatic nitrogens is 2. The van der Waals surface area contributed by atoms with Crippen LogP contribution in [0, 0.1) is 11.3 Å². The molecule has 0 unspecified atom stereocenters. The lowest BCUT2D eigenvalue weighted by molar-refractivity contribution is -0.143. The fourth-order valence-electron chi connectivity index (χ4n) is 5.70. The molecule has 0 radical (unpaired) electrons. The van der Waals surface area contributed by atoms with Gasteiger partial charge in [0.25, 0.3) is 11.8 Å². The Balaban J connectivity index is 1.69. The van der Waals surface area contributed by atoms with E-state index in [1.165, 1.54) is 9.21 Å². The summed E-state index contributed by atoms with van der Waals surface area (Å²) in [5.41, 5.74) is 2.87. The molecule has 2 aromatic carbocycles. The largest absolute Gasteiger partial charge is 0.271 e. The van der Waals surface area contributed by atoms with Gasteiger partial charge < -0.3 is 0 Å². The molecule has 0 N–H and O–H groups in total. The third kappa shape index (κ3) is 5.22. The molecule has 9 nitrogen and oxygen atoms in total. The maximum absolute atomic E-state index is 13.8. The summed E-state index contributed by atoms with van der Waals surface area (Å²) in [7, 11) is -3.73. The number of hydrogen-bond acceptors (Lipinski definition) is 6. The van der Waals surface area contributed by atoms with Crippen molar-refractivity contribution >= 4 is 27.9 Å². The standard InChI is InChI=1S/C32H33N5O4S/c1-4-35(5-2)42(40,41)27-17-11-12-23(18-27)30-24(21-36(34-30)25-13-7-6-8-14-25)19-28-22(3)29(20-33)32(39)37(31(28)38)26-15-9-10-16-26/h6-8,11-14,17-19,21,26H,4-5,9-10,15-16H2,1-3H3/b28-19+. The Bertz CT molecular complexity index is 1740. The Labute approximate surface area is 246 Å². The van der Waals surface area contributed by atoms with Crippen molar-refractivity contribution in [1.29, 1.82) is 5.26 Å². The molecule has 3 aromatic rings. The van der Waals surface area contributed by atoms with Crippen molar-refractivity contribution in [1.82, 2.24) is 19.0 Å². The summed E-state index contributed by atoms with van der Waals surface area (Å²) in [6, 6.07) is 17.8. The van der Waals surface area contributed by atoms with Gasteiger partial charge in [-0.05, 0) is 55.7 Å². The van der Waals surface area contributed by atoms with Gasteiger partial charge in [0.2, 0.25) is 10.0 Å². The van der Waals surface area contributed by atoms with Crippen LogP contribution in [0.3, 0.4) is 0 Å². The predicted molar refractivity (Wildman–Crippen MR) is 160 cm³/mol. The Morgan fingerprint density at radius 2 is 1.71 bits per heavy atom. The van der Waals surface area contributed by atoms with E-state index in [0.29, 0.717) is 48.3 Å². The first-order valence-electron chi connectivity index (χ1n) is 14.2. The van der Waals surface area contributed by atoms with Gasteiger partial charge in [-0.15, -0.1) is 0 Å². The zero-order valence-electron chi connectivity index (χ0n) is 23.9. The van der Waals surface area contributed by atoms with Crippen molar-refractivity contribution in [3.05, 3.63) is 83.1 Å². The number of sulfonamides is 1. The van der Waals surface area contributed by atoms with Crippen LogP contribution in [0.4, 0.5) is 0 Å². The van der Waals surface area contributed by atoms with Crippen molar-refractivity contribution in [3.8, 4) is 23.0 Å². The summed E-state index contributed by atoms with van der Waals surface area (Å²) in [4.78, 5) is 28.4. The lowest BCUT2D eigenvalue weighted by Crippen LogP contribution is -2.47. The van der Waals surface area contributed by atoms with E-state index in [-0.39, 0.29) is 22.1 Å². The molecule has 2 amide bonds. The molecule has 10 heteroatoms. The maximum atomic E-state index is 13.8. The molecule has 2 heterocycles. The second-order valence-electron chi connectivity index (χ2n) is 10.4. The minimum Gasteiger partial charge on any atom is -0.271 e. The second-order valence-corrected chi connectivity index (χ2v) is 12.4. The van der Waals surface area contributed by atoms with Crippen molar-refractivity contribution < 1.29 is 18.0 Å². The highest BCUT2D eigenvalue weighted by molar-refractivity contribution is 7.89. The summed E-state index contributed by atoms with van der Waals surface area (Å²) in [5, 5.41) is 14.7. The summed E-state index contributed by atoms with van der Waals surface area (Å²) < 4.78 is 29.7. The number of carbonyl (C=O) groups excluding carboxylic acids is 2. The van der Waals surface area contributed by atoms with E-state index in [1.54, 1.807) is 62.0 Å². The van der Waals surface area contributed by atoms with E-state index >= 15 is 0 Å². The zero-order valence-corrected chi connectivity index (χ0v) is 24.8. The minimum absolute atomic E-state index is 0.0444. The maximum Gasteiger partial charge on any atom is 0.271 e. The number of benzene rings is 2. The first-order valence-corrected chi connectivity index (χ1v) is 15.6. The Morgan fingerprint density at radius 1 is 1.02 bits per heavy atom. The smallest absolute Gasteiger partial charge is 0.271 e. The zero-order chi connectivity index (χ0) is 30.0. The van der Waals surface area contributed by atoms with Crippen LogP contribution in [0.2, 0.25) is 0 Å². The van der Waals surface area contributed by atoms with Crippen LogP contribution >= 0.6 is 0 Å². The van der Waals surface area contributed by atoms with Crippen LogP contribution in [0.15, 0.2) is 82.4 Å². The van der Waals surface area contributed by atoms with Gasteiger partial charge >= 0.3 is 0 Å². The van der Waals surface area contributed by atoms with Crippen molar-refractivity contribution in [2.24, 2.45) is 0 Å². The number of amides is 2. The van der Waals surface area contributed by atoms with Crippen molar-refractivity contribution in [2.45, 2.75) is 57.4 Å². The highest BCUT2D eigenvalue weighted by atomic mass is 32.2. The van der Waals surface area contributed by atoms with E-state index in [0.717, 1.165) is 18.5 Å². The van der Waals surface area contributed by atoms with Gasteiger partial charge in [-0.1, -0.05) is 57.0 Å². The lowest BCUT2D eigenvalue weighted by Gasteiger charge is -2.32. The molecule has 0 bridgehead atoms. The van der Waals surface area contributed by atoms with Gasteiger partial charge in [-0.2, -0.15) is 14.7 Å².